The lowest BCUT2D eigenvalue weighted by Crippen LogP contribution is -2.32. The molecule has 1 rings (SSSR count). The topological polar surface area (TPSA) is 12.5 Å². The summed E-state index contributed by atoms with van der Waals surface area (Å²) in [6.07, 6.45) is 4.75. The molecule has 0 atom stereocenters. The summed E-state index contributed by atoms with van der Waals surface area (Å²) in [6.45, 7) is 8.31. The van der Waals surface area contributed by atoms with E-state index < -0.39 is 0 Å². The van der Waals surface area contributed by atoms with Crippen molar-refractivity contribution in [2.75, 3.05) is 26.3 Å². The number of hydrogen-bond donors (Lipinski definition) is 0. The number of morpholine rings is 1. The van der Waals surface area contributed by atoms with Crippen LogP contribution in [0.2, 0.25) is 0 Å². The first-order chi connectivity index (χ1) is 5.83. The molecular formula is C10H19NO. The highest BCUT2D eigenvalue weighted by atomic mass is 16.5. The molecule has 0 aromatic carbocycles. The molecule has 2 nitrogen and oxygen atoms in total. The molecule has 0 aromatic rings. The molecule has 0 N–H and O–H groups in total. The Kier molecular flexibility index (Phi) is 4.15. The summed E-state index contributed by atoms with van der Waals surface area (Å²) in [7, 11) is 0. The fraction of sp³-hybridized carbons (Fsp3) is 0.800. The molecule has 0 spiro atoms. The SMILES string of the molecule is CCCC(C)=CN1CCOCC1. The number of hydrogen-bond acceptors (Lipinski definition) is 2. The lowest BCUT2D eigenvalue weighted by molar-refractivity contribution is 0.0589. The average Bonchev–Trinajstić information content (AvgIpc) is 2.06. The van der Waals surface area contributed by atoms with Crippen LogP contribution in [0, 0.1) is 0 Å². The van der Waals surface area contributed by atoms with Gasteiger partial charge in [0.15, 0.2) is 0 Å². The lowest BCUT2D eigenvalue weighted by Gasteiger charge is -2.25. The maximum Gasteiger partial charge on any atom is 0.0642 e. The first-order valence-corrected chi connectivity index (χ1v) is 4.82. The van der Waals surface area contributed by atoms with Gasteiger partial charge >= 0.3 is 0 Å². The van der Waals surface area contributed by atoms with E-state index in [0.29, 0.717) is 0 Å². The Morgan fingerprint density at radius 2 is 2.08 bits per heavy atom. The summed E-state index contributed by atoms with van der Waals surface area (Å²) in [5.41, 5.74) is 1.49. The van der Waals surface area contributed by atoms with Crippen LogP contribution in [0.5, 0.6) is 0 Å². The molecule has 1 aliphatic heterocycles. The highest BCUT2D eigenvalue weighted by Gasteiger charge is 2.05. The summed E-state index contributed by atoms with van der Waals surface area (Å²) in [5.74, 6) is 0. The summed E-state index contributed by atoms with van der Waals surface area (Å²) < 4.78 is 5.27. The van der Waals surface area contributed by atoms with Crippen LogP contribution < -0.4 is 0 Å². The van der Waals surface area contributed by atoms with Gasteiger partial charge in [-0.2, -0.15) is 0 Å². The third-order valence-electron chi connectivity index (χ3n) is 2.09. The second kappa shape index (κ2) is 5.20. The monoisotopic (exact) mass is 169 g/mol. The maximum absolute atomic E-state index is 5.27. The molecule has 0 aromatic heterocycles. The molecule has 0 radical (unpaired) electrons. The van der Waals surface area contributed by atoms with Gasteiger partial charge in [-0.25, -0.2) is 0 Å². The predicted octanol–water partition coefficient (Wildman–Crippen LogP) is 2.02. The van der Waals surface area contributed by atoms with Crippen LogP contribution in [-0.4, -0.2) is 31.2 Å². The molecule has 0 amide bonds. The maximum atomic E-state index is 5.27. The number of allylic oxidation sites excluding steroid dienone is 1. The summed E-state index contributed by atoms with van der Waals surface area (Å²) in [6, 6.07) is 0. The minimum atomic E-state index is 0.885. The zero-order valence-corrected chi connectivity index (χ0v) is 8.18. The lowest BCUT2D eigenvalue weighted by atomic mass is 10.2. The van der Waals surface area contributed by atoms with Gasteiger partial charge in [0, 0.05) is 13.1 Å². The van der Waals surface area contributed by atoms with E-state index in [1.807, 2.05) is 0 Å². The zero-order valence-electron chi connectivity index (χ0n) is 8.18. The van der Waals surface area contributed by atoms with E-state index in [9.17, 15) is 0 Å². The fourth-order valence-corrected chi connectivity index (χ4v) is 1.48. The Balaban J connectivity index is 2.31. The van der Waals surface area contributed by atoms with Gasteiger partial charge < -0.3 is 9.64 Å². The Morgan fingerprint density at radius 1 is 1.42 bits per heavy atom. The third kappa shape index (κ3) is 3.26. The van der Waals surface area contributed by atoms with Crippen molar-refractivity contribution in [3.63, 3.8) is 0 Å². The number of ether oxygens (including phenoxy) is 1. The van der Waals surface area contributed by atoms with Crippen molar-refractivity contribution >= 4 is 0 Å². The van der Waals surface area contributed by atoms with Gasteiger partial charge in [0.25, 0.3) is 0 Å². The van der Waals surface area contributed by atoms with E-state index in [2.05, 4.69) is 24.9 Å². The van der Waals surface area contributed by atoms with Gasteiger partial charge in [-0.3, -0.25) is 0 Å². The van der Waals surface area contributed by atoms with E-state index in [0.717, 1.165) is 26.3 Å². The second-order valence-electron chi connectivity index (χ2n) is 3.37. The van der Waals surface area contributed by atoms with Crippen LogP contribution in [0.25, 0.3) is 0 Å². The first kappa shape index (κ1) is 9.59. The average molecular weight is 169 g/mol. The molecule has 1 fully saturated rings. The van der Waals surface area contributed by atoms with E-state index in [1.54, 1.807) is 0 Å². The largest absolute Gasteiger partial charge is 0.378 e. The zero-order chi connectivity index (χ0) is 8.81. The quantitative estimate of drug-likeness (QED) is 0.641. The third-order valence-corrected chi connectivity index (χ3v) is 2.09. The van der Waals surface area contributed by atoms with Crippen molar-refractivity contribution in [2.45, 2.75) is 26.7 Å². The first-order valence-electron chi connectivity index (χ1n) is 4.82. The Labute approximate surface area is 75.2 Å². The molecule has 1 saturated heterocycles. The highest BCUT2D eigenvalue weighted by Crippen LogP contribution is 2.06. The van der Waals surface area contributed by atoms with Gasteiger partial charge in [-0.15, -0.1) is 0 Å². The summed E-state index contributed by atoms with van der Waals surface area (Å²) in [5, 5.41) is 0. The van der Waals surface area contributed by atoms with Crippen LogP contribution in [-0.2, 0) is 4.74 Å². The number of rotatable bonds is 3. The van der Waals surface area contributed by atoms with Gasteiger partial charge in [0.1, 0.15) is 0 Å². The molecule has 2 heteroatoms. The predicted molar refractivity (Wildman–Crippen MR) is 51.1 cm³/mol. The molecular weight excluding hydrogens is 150 g/mol. The van der Waals surface area contributed by atoms with Gasteiger partial charge in [-0.05, 0) is 19.5 Å². The molecule has 0 unspecified atom stereocenters. The fourth-order valence-electron chi connectivity index (χ4n) is 1.48. The van der Waals surface area contributed by atoms with Crippen LogP contribution in [0.1, 0.15) is 26.7 Å². The summed E-state index contributed by atoms with van der Waals surface area (Å²) in [4.78, 5) is 2.36. The minimum Gasteiger partial charge on any atom is -0.378 e. The summed E-state index contributed by atoms with van der Waals surface area (Å²) >= 11 is 0. The van der Waals surface area contributed by atoms with Gasteiger partial charge in [0.05, 0.1) is 13.2 Å². The smallest absolute Gasteiger partial charge is 0.0642 e. The molecule has 1 aliphatic rings. The van der Waals surface area contributed by atoms with E-state index >= 15 is 0 Å². The normalized spacial score (nSPS) is 19.8. The molecule has 1 heterocycles. The molecule has 70 valence electrons. The van der Waals surface area contributed by atoms with Gasteiger partial charge in [0.2, 0.25) is 0 Å². The van der Waals surface area contributed by atoms with Crippen LogP contribution in [0.4, 0.5) is 0 Å². The van der Waals surface area contributed by atoms with Crippen LogP contribution in [0.3, 0.4) is 0 Å². The van der Waals surface area contributed by atoms with Crippen molar-refractivity contribution in [3.05, 3.63) is 11.8 Å². The molecule has 12 heavy (non-hydrogen) atoms. The van der Waals surface area contributed by atoms with Crippen molar-refractivity contribution in [3.8, 4) is 0 Å². The van der Waals surface area contributed by atoms with E-state index in [-0.39, 0.29) is 0 Å². The van der Waals surface area contributed by atoms with Gasteiger partial charge in [-0.1, -0.05) is 18.9 Å². The highest BCUT2D eigenvalue weighted by molar-refractivity contribution is 4.97. The molecule has 0 saturated carbocycles. The Morgan fingerprint density at radius 3 is 2.67 bits per heavy atom. The van der Waals surface area contributed by atoms with Crippen molar-refractivity contribution in [2.24, 2.45) is 0 Å². The molecule has 0 bridgehead atoms. The number of nitrogens with zero attached hydrogens (tertiary/aromatic N) is 1. The Hall–Kier alpha value is -0.500. The van der Waals surface area contributed by atoms with Crippen molar-refractivity contribution < 1.29 is 4.74 Å². The molecule has 0 aliphatic carbocycles. The second-order valence-corrected chi connectivity index (χ2v) is 3.37. The van der Waals surface area contributed by atoms with Crippen LogP contribution >= 0.6 is 0 Å². The standard InChI is InChI=1S/C10H19NO/c1-3-4-10(2)9-11-5-7-12-8-6-11/h9H,3-8H2,1-2H3. The van der Waals surface area contributed by atoms with E-state index in [4.69, 9.17) is 4.74 Å². The Bertz CT molecular complexity index is 148. The minimum absolute atomic E-state index is 0.885. The van der Waals surface area contributed by atoms with E-state index in [1.165, 1.54) is 18.4 Å². The van der Waals surface area contributed by atoms with Crippen LogP contribution in [0.15, 0.2) is 11.8 Å². The van der Waals surface area contributed by atoms with Crippen molar-refractivity contribution in [1.82, 2.24) is 4.90 Å². The van der Waals surface area contributed by atoms with Crippen molar-refractivity contribution in [1.29, 1.82) is 0 Å².